The molecule has 2 fully saturated rings. The summed E-state index contributed by atoms with van der Waals surface area (Å²) in [5.41, 5.74) is 2.54. The van der Waals surface area contributed by atoms with Crippen LogP contribution in [0.5, 0.6) is 0 Å². The summed E-state index contributed by atoms with van der Waals surface area (Å²) in [7, 11) is 1.52. The number of carbonyl (C=O) groups excluding carboxylic acids is 1. The Hall–Kier alpha value is -0.880. The van der Waals surface area contributed by atoms with Crippen molar-refractivity contribution >= 4 is 28.6 Å². The van der Waals surface area contributed by atoms with Crippen LogP contribution in [0.15, 0.2) is 34.4 Å². The van der Waals surface area contributed by atoms with E-state index in [4.69, 9.17) is 4.74 Å². The van der Waals surface area contributed by atoms with E-state index in [9.17, 15) is 4.79 Å². The molecule has 23 heavy (non-hydrogen) atoms. The fourth-order valence-corrected chi connectivity index (χ4v) is 4.60. The molecule has 3 nitrogen and oxygen atoms in total. The van der Waals surface area contributed by atoms with Crippen LogP contribution < -0.4 is 0 Å². The van der Waals surface area contributed by atoms with Crippen LogP contribution in [0.2, 0.25) is 0 Å². The Morgan fingerprint density at radius 2 is 2.09 bits per heavy atom. The van der Waals surface area contributed by atoms with Crippen LogP contribution in [0.3, 0.4) is 0 Å². The lowest BCUT2D eigenvalue weighted by Gasteiger charge is -2.43. The molecule has 1 aromatic rings. The van der Waals surface area contributed by atoms with Crippen LogP contribution in [-0.4, -0.2) is 36.6 Å². The molecule has 0 aromatic heterocycles. The molecular formula is C19H24INO2. The number of halogens is 1. The van der Waals surface area contributed by atoms with Gasteiger partial charge in [-0.3, -0.25) is 9.69 Å². The van der Waals surface area contributed by atoms with Crippen molar-refractivity contribution in [3.05, 3.63) is 45.6 Å². The maximum absolute atomic E-state index is 12.6. The van der Waals surface area contributed by atoms with Crippen LogP contribution in [0.4, 0.5) is 0 Å². The molecule has 4 heteroatoms. The summed E-state index contributed by atoms with van der Waals surface area (Å²) in [5, 5.41) is 0. The minimum absolute atomic E-state index is 0.0515. The smallest absolute Gasteiger partial charge is 0.310 e. The Kier molecular flexibility index (Phi) is 5.42. The first-order valence-electron chi connectivity index (χ1n) is 8.31. The highest BCUT2D eigenvalue weighted by Gasteiger charge is 2.50. The molecule has 0 spiro atoms. The molecule has 0 amide bonds. The molecule has 4 atom stereocenters. The van der Waals surface area contributed by atoms with Gasteiger partial charge in [-0.15, -0.1) is 0 Å². The average Bonchev–Trinajstić information content (AvgIpc) is 2.84. The Morgan fingerprint density at radius 3 is 2.74 bits per heavy atom. The highest BCUT2D eigenvalue weighted by Crippen LogP contribution is 2.47. The van der Waals surface area contributed by atoms with E-state index in [1.165, 1.54) is 24.7 Å². The normalized spacial score (nSPS) is 30.7. The van der Waals surface area contributed by atoms with E-state index in [1.54, 1.807) is 0 Å². The Morgan fingerprint density at radius 1 is 1.35 bits per heavy atom. The van der Waals surface area contributed by atoms with Gasteiger partial charge in [0.15, 0.2) is 0 Å². The zero-order chi connectivity index (χ0) is 16.4. The predicted molar refractivity (Wildman–Crippen MR) is 101 cm³/mol. The number of hydrogen-bond donors (Lipinski definition) is 0. The number of hydrogen-bond acceptors (Lipinski definition) is 3. The summed E-state index contributed by atoms with van der Waals surface area (Å²) in [6.07, 6.45) is 5.53. The van der Waals surface area contributed by atoms with E-state index in [0.29, 0.717) is 12.1 Å². The van der Waals surface area contributed by atoms with E-state index in [0.717, 1.165) is 19.4 Å². The molecule has 2 saturated heterocycles. The molecule has 0 aliphatic carbocycles. The highest BCUT2D eigenvalue weighted by atomic mass is 125. The first-order valence-corrected chi connectivity index (χ1v) is 9.55. The molecule has 0 saturated carbocycles. The van der Waals surface area contributed by atoms with Crippen molar-refractivity contribution in [3.8, 4) is 0 Å². The van der Waals surface area contributed by atoms with Crippen molar-refractivity contribution < 1.29 is 9.53 Å². The summed E-state index contributed by atoms with van der Waals surface area (Å²) >= 11 is 2.26. The molecule has 2 aliphatic rings. The van der Waals surface area contributed by atoms with Crippen molar-refractivity contribution in [1.82, 2.24) is 4.90 Å². The van der Waals surface area contributed by atoms with Crippen LogP contribution in [0.1, 0.15) is 36.3 Å². The van der Waals surface area contributed by atoms with Gasteiger partial charge in [-0.2, -0.15) is 0 Å². The quantitative estimate of drug-likeness (QED) is 0.541. The van der Waals surface area contributed by atoms with Crippen molar-refractivity contribution in [2.45, 2.75) is 44.2 Å². The SMILES string of the molecule is COC(=O)[C@H]1[C@@H](c2ccc(C)cc2)C[C@@H]2CC[C@H]1N2C/C=C/[125I]. The number of ether oxygens (including phenoxy) is 1. The molecule has 2 aliphatic heterocycles. The predicted octanol–water partition coefficient (Wildman–Crippen LogP) is 4.05. The topological polar surface area (TPSA) is 29.5 Å². The van der Waals surface area contributed by atoms with E-state index >= 15 is 0 Å². The van der Waals surface area contributed by atoms with Crippen molar-refractivity contribution in [2.75, 3.05) is 13.7 Å². The third-order valence-corrected chi connectivity index (χ3v) is 5.96. The van der Waals surface area contributed by atoms with Gasteiger partial charge in [0.05, 0.1) is 13.0 Å². The Bertz CT molecular complexity index is 584. The van der Waals surface area contributed by atoms with Gasteiger partial charge in [-0.05, 0) is 35.8 Å². The highest BCUT2D eigenvalue weighted by molar-refractivity contribution is 14.1. The average molecular weight is 423 g/mol. The van der Waals surface area contributed by atoms with Gasteiger partial charge >= 0.3 is 5.97 Å². The second kappa shape index (κ2) is 7.34. The minimum Gasteiger partial charge on any atom is -0.469 e. The second-order valence-electron chi connectivity index (χ2n) is 6.66. The zero-order valence-electron chi connectivity index (χ0n) is 13.7. The summed E-state index contributed by atoms with van der Waals surface area (Å²) in [4.78, 5) is 15.1. The lowest BCUT2D eigenvalue weighted by molar-refractivity contribution is -0.150. The van der Waals surface area contributed by atoms with Gasteiger partial charge in [0.25, 0.3) is 0 Å². The molecule has 2 bridgehead atoms. The van der Waals surface area contributed by atoms with Crippen LogP contribution in [0, 0.1) is 12.8 Å². The van der Waals surface area contributed by atoms with Gasteiger partial charge < -0.3 is 4.74 Å². The maximum Gasteiger partial charge on any atom is 0.310 e. The molecule has 0 unspecified atom stereocenters. The van der Waals surface area contributed by atoms with E-state index in [2.05, 4.69) is 68.8 Å². The Balaban J connectivity index is 1.91. The van der Waals surface area contributed by atoms with Crippen molar-refractivity contribution in [2.24, 2.45) is 5.92 Å². The van der Waals surface area contributed by atoms with Crippen LogP contribution in [-0.2, 0) is 9.53 Å². The number of rotatable bonds is 4. The minimum atomic E-state index is -0.0518. The fourth-order valence-electron chi connectivity index (χ4n) is 4.37. The van der Waals surface area contributed by atoms with Gasteiger partial charge in [-0.1, -0.05) is 58.5 Å². The van der Waals surface area contributed by atoms with E-state index < -0.39 is 0 Å². The first kappa shape index (κ1) is 17.0. The molecular weight excluding hydrogens is 399 g/mol. The van der Waals surface area contributed by atoms with E-state index in [-0.39, 0.29) is 17.8 Å². The number of nitrogens with zero attached hydrogens (tertiary/aromatic N) is 1. The first-order chi connectivity index (χ1) is 11.2. The Labute approximate surface area is 152 Å². The summed E-state index contributed by atoms with van der Waals surface area (Å²) in [5.74, 6) is 0.175. The lowest BCUT2D eigenvalue weighted by Crippen LogP contribution is -2.50. The number of fused-ring (bicyclic) bond motifs is 2. The number of methoxy groups -OCH3 is 1. The molecule has 1 aromatic carbocycles. The van der Waals surface area contributed by atoms with Gasteiger partial charge in [0, 0.05) is 24.5 Å². The van der Waals surface area contributed by atoms with Crippen LogP contribution in [0.25, 0.3) is 0 Å². The second-order valence-corrected chi connectivity index (χ2v) is 7.38. The fraction of sp³-hybridized carbons (Fsp3) is 0.526. The lowest BCUT2D eigenvalue weighted by atomic mass is 9.76. The van der Waals surface area contributed by atoms with Crippen LogP contribution >= 0.6 is 22.6 Å². The van der Waals surface area contributed by atoms with Gasteiger partial charge in [-0.25, -0.2) is 0 Å². The largest absolute Gasteiger partial charge is 0.469 e. The third kappa shape index (κ3) is 3.33. The number of piperidine rings is 1. The summed E-state index contributed by atoms with van der Waals surface area (Å²) < 4.78 is 7.25. The zero-order valence-corrected chi connectivity index (χ0v) is 15.9. The molecule has 0 N–H and O–H groups in total. The van der Waals surface area contributed by atoms with Crippen molar-refractivity contribution in [1.29, 1.82) is 0 Å². The standard InChI is InChI=1S/C19H24INO2/c1-13-4-6-14(7-5-13)16-12-15-8-9-17(18(16)19(22)23-2)21(15)11-3-10-20/h3-7,10,15-18H,8-9,11-12H2,1-2H3/b10-3+/t15-,16+,17+,18-/m0/s1/i20-2. The van der Waals surface area contributed by atoms with Gasteiger partial charge in [0.2, 0.25) is 0 Å². The number of carbonyl (C=O) groups is 1. The molecule has 3 rings (SSSR count). The third-order valence-electron chi connectivity index (χ3n) is 5.45. The summed E-state index contributed by atoms with van der Waals surface area (Å²) in [6, 6.07) is 9.57. The summed E-state index contributed by atoms with van der Waals surface area (Å²) in [6.45, 7) is 3.04. The number of aryl methyl sites for hydroxylation is 1. The maximum atomic E-state index is 12.6. The van der Waals surface area contributed by atoms with Crippen molar-refractivity contribution in [3.63, 3.8) is 0 Å². The van der Waals surface area contributed by atoms with E-state index in [1.807, 2.05) is 0 Å². The molecule has 0 radical (unpaired) electrons. The van der Waals surface area contributed by atoms with Gasteiger partial charge in [0.1, 0.15) is 0 Å². The molecule has 2 heterocycles. The molecule has 124 valence electrons. The monoisotopic (exact) mass is 423 g/mol. The number of benzene rings is 1. The number of esters is 1.